The van der Waals surface area contributed by atoms with E-state index < -0.39 is 21.5 Å². The van der Waals surface area contributed by atoms with Gasteiger partial charge in [-0.15, -0.1) is 0 Å². The van der Waals surface area contributed by atoms with Gasteiger partial charge in [0.1, 0.15) is 0 Å². The van der Waals surface area contributed by atoms with Crippen LogP contribution in [0.5, 0.6) is 5.75 Å². The van der Waals surface area contributed by atoms with E-state index in [2.05, 4.69) is 36.5 Å². The van der Waals surface area contributed by atoms with E-state index in [4.69, 9.17) is 4.74 Å². The number of nitrogens with zero attached hydrogens (tertiary/aromatic N) is 4. The monoisotopic (exact) mass is 800 g/mol. The molecule has 4 unspecified atom stereocenters. The van der Waals surface area contributed by atoms with Crippen LogP contribution in [-0.4, -0.2) is 81.0 Å². The van der Waals surface area contributed by atoms with E-state index in [1.165, 1.54) is 34.7 Å². The van der Waals surface area contributed by atoms with Crippen molar-refractivity contribution in [1.29, 1.82) is 0 Å². The van der Waals surface area contributed by atoms with Gasteiger partial charge in [0.2, 0.25) is 0 Å². The van der Waals surface area contributed by atoms with E-state index in [0.717, 1.165) is 66.6 Å². The summed E-state index contributed by atoms with van der Waals surface area (Å²) in [6, 6.07) is 12.3. The third kappa shape index (κ3) is 5.42. The number of benzene rings is 2. The number of likely N-dealkylation sites (N-methyl/N-ethyl adjacent to an activating group) is 1. The summed E-state index contributed by atoms with van der Waals surface area (Å²) in [5, 5.41) is 1.10. The number of methoxy groups -OCH3 is 1. The van der Waals surface area contributed by atoms with E-state index in [0.29, 0.717) is 28.0 Å². The molecule has 4 heterocycles. The Morgan fingerprint density at radius 3 is 2.53 bits per heavy atom. The number of rotatable bonds is 8. The predicted octanol–water partition coefficient (Wildman–Crippen LogP) is 2.43. The Kier molecular flexibility index (Phi) is 8.55. The van der Waals surface area contributed by atoms with E-state index in [1.54, 1.807) is 27.0 Å². The zero-order chi connectivity index (χ0) is 34.2. The summed E-state index contributed by atoms with van der Waals surface area (Å²) >= 11 is -0.246. The van der Waals surface area contributed by atoms with Crippen LogP contribution < -0.4 is 30.9 Å². The molecule has 2 bridgehead atoms. The van der Waals surface area contributed by atoms with Crippen LogP contribution in [0.1, 0.15) is 98.5 Å². The van der Waals surface area contributed by atoms with Crippen molar-refractivity contribution in [2.75, 3.05) is 33.8 Å². The number of hydrogen-bond donors (Lipinski definition) is 1. The van der Waals surface area contributed by atoms with Crippen LogP contribution in [0.2, 0.25) is 0 Å². The standard InChI is InChI=1S/C37H47IN5O5S/c1-5-41(6-2)49(46,47)39-35(44)24-12-15-28-31(18-24)42-22-37(36(45)43-25-13-17-32(43)38-40(3)21-25)20-30(37)29-19-26(48-4)14-16-27(29)34(42)33(28)23-10-8-7-9-11-23/h12,14-16,18-19,23,25,30,32H,5-11,13,17,20-22H2,1-4H3,(H,39,44)/q-1. The molecule has 1 N–H and O–H groups in total. The maximum atomic E-state index is 15.1. The molecule has 2 aliphatic carbocycles. The molecule has 1 aromatic heterocycles. The van der Waals surface area contributed by atoms with Crippen molar-refractivity contribution in [3.8, 4) is 17.0 Å². The van der Waals surface area contributed by atoms with Gasteiger partial charge >= 0.3 is 262 Å². The zero-order valence-electron chi connectivity index (χ0n) is 28.9. The van der Waals surface area contributed by atoms with Crippen LogP contribution in [0, 0.1) is 5.41 Å². The first-order valence-corrected chi connectivity index (χ1v) is 21.6. The molecule has 2 saturated carbocycles. The van der Waals surface area contributed by atoms with Gasteiger partial charge in [-0.1, -0.05) is 13.8 Å². The number of amides is 2. The summed E-state index contributed by atoms with van der Waals surface area (Å²) in [7, 11) is -0.0765. The second kappa shape index (κ2) is 12.5. The second-order valence-electron chi connectivity index (χ2n) is 14.6. The van der Waals surface area contributed by atoms with Crippen LogP contribution in [-0.2, 0) is 21.5 Å². The molecular weight excluding hydrogens is 753 g/mol. The Labute approximate surface area is 300 Å². The fraction of sp³-hybridized carbons (Fsp3) is 0.568. The third-order valence-corrected chi connectivity index (χ3v) is 16.7. The van der Waals surface area contributed by atoms with Gasteiger partial charge in [-0.3, -0.25) is 0 Å². The average Bonchev–Trinajstić information content (AvgIpc) is 3.68. The summed E-state index contributed by atoms with van der Waals surface area (Å²) < 4.78 is 40.6. The van der Waals surface area contributed by atoms with Crippen molar-refractivity contribution in [1.82, 2.24) is 21.6 Å². The van der Waals surface area contributed by atoms with Crippen LogP contribution in [0.4, 0.5) is 0 Å². The van der Waals surface area contributed by atoms with Crippen molar-refractivity contribution in [2.24, 2.45) is 5.41 Å². The van der Waals surface area contributed by atoms with Gasteiger partial charge in [0.25, 0.3) is 0 Å². The number of carbonyl (C=O) groups excluding carboxylic acids is 2. The Hall–Kier alpha value is -2.68. The zero-order valence-corrected chi connectivity index (χ0v) is 31.8. The molecule has 3 aliphatic heterocycles. The van der Waals surface area contributed by atoms with Gasteiger partial charge in [-0.2, -0.15) is 12.7 Å². The molecule has 3 aromatic rings. The Morgan fingerprint density at radius 1 is 1.04 bits per heavy atom. The molecule has 264 valence electrons. The summed E-state index contributed by atoms with van der Waals surface area (Å²) in [5.41, 5.74) is 5.42. The van der Waals surface area contributed by atoms with Crippen LogP contribution >= 0.6 is 0 Å². The molecule has 5 aliphatic rings. The normalized spacial score (nSPS) is 26.8. The third-order valence-electron chi connectivity index (χ3n) is 11.9. The van der Waals surface area contributed by atoms with Gasteiger partial charge in [-0.05, 0) is 0 Å². The predicted molar refractivity (Wildman–Crippen MR) is 185 cm³/mol. The molecule has 10 nitrogen and oxygen atoms in total. The molecule has 0 radical (unpaired) electrons. The number of ether oxygens (including phenoxy) is 1. The molecule has 0 spiro atoms. The molecule has 49 heavy (non-hydrogen) atoms. The van der Waals surface area contributed by atoms with E-state index in [9.17, 15) is 13.2 Å². The van der Waals surface area contributed by atoms with Crippen LogP contribution in [0.15, 0.2) is 36.4 Å². The number of aromatic nitrogens is 1. The molecule has 4 atom stereocenters. The molecule has 2 saturated heterocycles. The summed E-state index contributed by atoms with van der Waals surface area (Å²) in [5.74, 6) is 0.899. The van der Waals surface area contributed by atoms with Gasteiger partial charge in [-0.25, -0.2) is 0 Å². The van der Waals surface area contributed by atoms with Gasteiger partial charge in [0.15, 0.2) is 0 Å². The molecule has 2 aromatic carbocycles. The second-order valence-corrected chi connectivity index (χ2v) is 19.9. The summed E-state index contributed by atoms with van der Waals surface area (Å²) in [6.07, 6.45) is 8.75. The topological polar surface area (TPSA) is 104 Å². The maximum absolute atomic E-state index is 15.1. The summed E-state index contributed by atoms with van der Waals surface area (Å²) in [4.78, 5) is 31.0. The minimum atomic E-state index is -3.98. The van der Waals surface area contributed by atoms with Crippen molar-refractivity contribution in [3.63, 3.8) is 0 Å². The van der Waals surface area contributed by atoms with Crippen LogP contribution in [0.3, 0.4) is 0 Å². The number of hydrogen-bond acceptors (Lipinski definition) is 6. The molecule has 4 fully saturated rings. The Balaban J connectivity index is 1.30. The van der Waals surface area contributed by atoms with Crippen molar-refractivity contribution >= 4 is 32.9 Å². The average molecular weight is 801 g/mol. The van der Waals surface area contributed by atoms with Crippen molar-refractivity contribution in [2.45, 2.75) is 93.7 Å². The van der Waals surface area contributed by atoms with Gasteiger partial charge in [0, 0.05) is 13.1 Å². The van der Waals surface area contributed by atoms with E-state index in [-0.39, 0.29) is 46.5 Å². The Bertz CT molecular complexity index is 1920. The quantitative estimate of drug-likeness (QED) is 0.163. The molecule has 12 heteroatoms. The number of alkyl halides is 1. The van der Waals surface area contributed by atoms with Crippen molar-refractivity contribution < 1.29 is 44.2 Å². The molecule has 2 amide bonds. The number of carbonyl (C=O) groups is 2. The molecule has 8 rings (SSSR count). The Morgan fingerprint density at radius 2 is 1.82 bits per heavy atom. The number of fused-ring (bicyclic) bond motifs is 9. The minimum absolute atomic E-state index is 0.0854. The first-order chi connectivity index (χ1) is 23.6. The summed E-state index contributed by atoms with van der Waals surface area (Å²) in [6.45, 7) is 5.55. The SMILES string of the molecule is CCN(CC)S(=O)(=O)NC(=O)c1ccc2c(C3CCCCC3)c3n(c2c1)CC1(C(=O)N2C4CCC2[I-]N(C)C4)CC1c1cc(OC)ccc1-3. The fourth-order valence-electron chi connectivity index (χ4n) is 9.41. The molecular formula is C37H47IN5O5S-. The number of nitrogens with one attached hydrogen (secondary N) is 1. The van der Waals surface area contributed by atoms with Gasteiger partial charge in [0.05, 0.1) is 0 Å². The van der Waals surface area contributed by atoms with Crippen molar-refractivity contribution in [3.05, 3.63) is 53.1 Å². The van der Waals surface area contributed by atoms with Crippen LogP contribution in [0.25, 0.3) is 22.2 Å². The number of halogens is 1. The van der Waals surface area contributed by atoms with Gasteiger partial charge < -0.3 is 0 Å². The van der Waals surface area contributed by atoms with E-state index in [1.807, 2.05) is 18.2 Å². The van der Waals surface area contributed by atoms with E-state index >= 15 is 4.79 Å². The first-order valence-electron chi connectivity index (χ1n) is 17.9. The fourth-order valence-corrected chi connectivity index (χ4v) is 14.0. The first kappa shape index (κ1) is 33.5.